The Morgan fingerprint density at radius 2 is 1.68 bits per heavy atom. The van der Waals surface area contributed by atoms with Gasteiger partial charge >= 0.3 is 0 Å². The molecule has 2 rings (SSSR count). The predicted molar refractivity (Wildman–Crippen MR) is 88.9 cm³/mol. The fourth-order valence-corrected chi connectivity index (χ4v) is 3.08. The van der Waals surface area contributed by atoms with Crippen LogP contribution >= 0.6 is 0 Å². The van der Waals surface area contributed by atoms with E-state index in [9.17, 15) is 9.59 Å². The Balaban J connectivity index is 1.90. The van der Waals surface area contributed by atoms with Crippen LogP contribution in [0, 0.1) is 5.92 Å². The molecule has 22 heavy (non-hydrogen) atoms. The average molecular weight is 302 g/mol. The molecular formula is C18H26N2O2. The molecule has 1 saturated carbocycles. The van der Waals surface area contributed by atoms with Crippen LogP contribution in [0.1, 0.15) is 56.3 Å². The SMILES string of the molecule is CCN(CC)C(=O)c1ccc(NC(=O)CC2CCCC2)cc1. The standard InChI is InChI=1S/C18H26N2O2/c1-3-20(4-2)18(22)15-9-11-16(12-10-15)19-17(21)13-14-7-5-6-8-14/h9-12,14H,3-8,13H2,1-2H3,(H,19,21). The van der Waals surface area contributed by atoms with E-state index in [0.29, 0.717) is 31.0 Å². The van der Waals surface area contributed by atoms with Crippen LogP contribution in [-0.4, -0.2) is 29.8 Å². The van der Waals surface area contributed by atoms with Gasteiger partial charge in [0.2, 0.25) is 5.91 Å². The molecular weight excluding hydrogens is 276 g/mol. The Hall–Kier alpha value is -1.84. The second-order valence-corrected chi connectivity index (χ2v) is 5.96. The van der Waals surface area contributed by atoms with Gasteiger partial charge in [-0.2, -0.15) is 0 Å². The molecule has 1 aromatic rings. The second kappa shape index (κ2) is 7.97. The summed E-state index contributed by atoms with van der Waals surface area (Å²) in [6.07, 6.45) is 5.45. The van der Waals surface area contributed by atoms with Crippen LogP contribution in [0.2, 0.25) is 0 Å². The lowest BCUT2D eigenvalue weighted by atomic mass is 10.0. The minimum atomic E-state index is 0.0360. The maximum atomic E-state index is 12.2. The maximum absolute atomic E-state index is 12.2. The first-order chi connectivity index (χ1) is 10.6. The van der Waals surface area contributed by atoms with Crippen molar-refractivity contribution in [3.05, 3.63) is 29.8 Å². The molecule has 0 atom stereocenters. The van der Waals surface area contributed by atoms with Crippen LogP contribution in [0.25, 0.3) is 0 Å². The quantitative estimate of drug-likeness (QED) is 0.871. The Morgan fingerprint density at radius 1 is 1.09 bits per heavy atom. The number of hydrogen-bond donors (Lipinski definition) is 1. The van der Waals surface area contributed by atoms with Crippen LogP contribution in [-0.2, 0) is 4.79 Å². The minimum absolute atomic E-state index is 0.0360. The van der Waals surface area contributed by atoms with Gasteiger partial charge in [0.1, 0.15) is 0 Å². The molecule has 1 aromatic carbocycles. The molecule has 0 saturated heterocycles. The van der Waals surface area contributed by atoms with E-state index in [0.717, 1.165) is 5.69 Å². The molecule has 4 heteroatoms. The van der Waals surface area contributed by atoms with E-state index in [-0.39, 0.29) is 11.8 Å². The summed E-state index contributed by atoms with van der Waals surface area (Å²) in [5, 5.41) is 2.93. The van der Waals surface area contributed by atoms with Crippen molar-refractivity contribution in [1.82, 2.24) is 4.90 Å². The summed E-state index contributed by atoms with van der Waals surface area (Å²) in [6.45, 7) is 5.35. The Kier molecular flexibility index (Phi) is 5.99. The maximum Gasteiger partial charge on any atom is 0.253 e. The third kappa shape index (κ3) is 4.33. The fourth-order valence-electron chi connectivity index (χ4n) is 3.08. The first kappa shape index (κ1) is 16.5. The highest BCUT2D eigenvalue weighted by molar-refractivity contribution is 5.95. The lowest BCUT2D eigenvalue weighted by Gasteiger charge is -2.18. The molecule has 0 unspecified atom stereocenters. The summed E-state index contributed by atoms with van der Waals surface area (Å²) < 4.78 is 0. The summed E-state index contributed by atoms with van der Waals surface area (Å²) in [5.74, 6) is 0.659. The monoisotopic (exact) mass is 302 g/mol. The third-order valence-electron chi connectivity index (χ3n) is 4.42. The van der Waals surface area contributed by atoms with Gasteiger partial charge in [-0.1, -0.05) is 12.8 Å². The number of nitrogens with one attached hydrogen (secondary N) is 1. The van der Waals surface area contributed by atoms with Gasteiger partial charge in [-0.3, -0.25) is 9.59 Å². The number of carbonyl (C=O) groups is 2. The zero-order valence-electron chi connectivity index (χ0n) is 13.6. The fraction of sp³-hybridized carbons (Fsp3) is 0.556. The lowest BCUT2D eigenvalue weighted by Crippen LogP contribution is -2.30. The van der Waals surface area contributed by atoms with Gasteiger partial charge < -0.3 is 10.2 Å². The zero-order valence-corrected chi connectivity index (χ0v) is 13.6. The molecule has 0 bridgehead atoms. The number of anilines is 1. The van der Waals surface area contributed by atoms with Crippen molar-refractivity contribution in [3.63, 3.8) is 0 Å². The average Bonchev–Trinajstić information content (AvgIpc) is 3.02. The van der Waals surface area contributed by atoms with E-state index in [1.54, 1.807) is 17.0 Å². The Morgan fingerprint density at radius 3 is 2.23 bits per heavy atom. The van der Waals surface area contributed by atoms with Crippen molar-refractivity contribution < 1.29 is 9.59 Å². The van der Waals surface area contributed by atoms with E-state index in [1.807, 2.05) is 26.0 Å². The molecule has 1 N–H and O–H groups in total. The molecule has 0 aliphatic heterocycles. The summed E-state index contributed by atoms with van der Waals surface area (Å²) in [4.78, 5) is 26.0. The van der Waals surface area contributed by atoms with Crippen molar-refractivity contribution in [3.8, 4) is 0 Å². The number of hydrogen-bond acceptors (Lipinski definition) is 2. The molecule has 0 heterocycles. The van der Waals surface area contributed by atoms with Gasteiger partial charge in [-0.15, -0.1) is 0 Å². The second-order valence-electron chi connectivity index (χ2n) is 5.96. The van der Waals surface area contributed by atoms with Gasteiger partial charge in [0.05, 0.1) is 0 Å². The number of benzene rings is 1. The van der Waals surface area contributed by atoms with Crippen molar-refractivity contribution in [2.24, 2.45) is 5.92 Å². The highest BCUT2D eigenvalue weighted by atomic mass is 16.2. The van der Waals surface area contributed by atoms with Crippen molar-refractivity contribution in [2.75, 3.05) is 18.4 Å². The van der Waals surface area contributed by atoms with Crippen LogP contribution < -0.4 is 5.32 Å². The normalized spacial score (nSPS) is 14.8. The predicted octanol–water partition coefficient (Wildman–Crippen LogP) is 3.69. The smallest absolute Gasteiger partial charge is 0.253 e. The van der Waals surface area contributed by atoms with Crippen LogP contribution in [0.3, 0.4) is 0 Å². The largest absolute Gasteiger partial charge is 0.339 e. The Bertz CT molecular complexity index is 500. The summed E-state index contributed by atoms with van der Waals surface area (Å²) >= 11 is 0. The van der Waals surface area contributed by atoms with Gasteiger partial charge in [-0.25, -0.2) is 0 Å². The molecule has 0 radical (unpaired) electrons. The van der Waals surface area contributed by atoms with Crippen LogP contribution in [0.5, 0.6) is 0 Å². The zero-order chi connectivity index (χ0) is 15.9. The van der Waals surface area contributed by atoms with E-state index in [4.69, 9.17) is 0 Å². The molecule has 4 nitrogen and oxygen atoms in total. The highest BCUT2D eigenvalue weighted by Gasteiger charge is 2.18. The van der Waals surface area contributed by atoms with E-state index >= 15 is 0 Å². The Labute approximate surface area is 132 Å². The molecule has 1 aliphatic carbocycles. The number of carbonyl (C=O) groups excluding carboxylic acids is 2. The lowest BCUT2D eigenvalue weighted by molar-refractivity contribution is -0.117. The van der Waals surface area contributed by atoms with Gasteiger partial charge in [0.15, 0.2) is 0 Å². The summed E-state index contributed by atoms with van der Waals surface area (Å²) in [7, 11) is 0. The minimum Gasteiger partial charge on any atom is -0.339 e. The van der Waals surface area contributed by atoms with Gasteiger partial charge in [0, 0.05) is 30.8 Å². The topological polar surface area (TPSA) is 49.4 Å². The van der Waals surface area contributed by atoms with Crippen molar-refractivity contribution in [2.45, 2.75) is 46.0 Å². The van der Waals surface area contributed by atoms with E-state index in [2.05, 4.69) is 5.32 Å². The first-order valence-corrected chi connectivity index (χ1v) is 8.33. The van der Waals surface area contributed by atoms with Crippen molar-refractivity contribution in [1.29, 1.82) is 0 Å². The first-order valence-electron chi connectivity index (χ1n) is 8.33. The molecule has 120 valence electrons. The van der Waals surface area contributed by atoms with Crippen LogP contribution in [0.15, 0.2) is 24.3 Å². The number of rotatable bonds is 6. The number of amides is 2. The van der Waals surface area contributed by atoms with E-state index in [1.165, 1.54) is 25.7 Å². The molecule has 1 fully saturated rings. The van der Waals surface area contributed by atoms with Crippen LogP contribution in [0.4, 0.5) is 5.69 Å². The molecule has 1 aliphatic rings. The van der Waals surface area contributed by atoms with Gasteiger partial charge in [0.25, 0.3) is 5.91 Å². The molecule has 2 amide bonds. The third-order valence-corrected chi connectivity index (χ3v) is 4.42. The highest BCUT2D eigenvalue weighted by Crippen LogP contribution is 2.27. The summed E-state index contributed by atoms with van der Waals surface area (Å²) in [6, 6.07) is 7.18. The van der Waals surface area contributed by atoms with E-state index < -0.39 is 0 Å². The molecule has 0 spiro atoms. The molecule has 0 aromatic heterocycles. The number of nitrogens with zero attached hydrogens (tertiary/aromatic N) is 1. The van der Waals surface area contributed by atoms with Gasteiger partial charge in [-0.05, 0) is 56.9 Å². The summed E-state index contributed by atoms with van der Waals surface area (Å²) in [5.41, 5.74) is 1.43. The van der Waals surface area contributed by atoms with Crippen molar-refractivity contribution >= 4 is 17.5 Å².